The lowest BCUT2D eigenvalue weighted by Gasteiger charge is -2.02. The SMILES string of the molecule is O=CNc1ccc2c(c1)CC/C2=N\O. The summed E-state index contributed by atoms with van der Waals surface area (Å²) in [6, 6.07) is 5.56. The molecule has 1 aromatic carbocycles. The van der Waals surface area contributed by atoms with Crippen molar-refractivity contribution < 1.29 is 10.0 Å². The number of nitrogens with zero attached hydrogens (tertiary/aromatic N) is 1. The predicted molar refractivity (Wildman–Crippen MR) is 52.8 cm³/mol. The molecule has 0 atom stereocenters. The number of hydrogen-bond acceptors (Lipinski definition) is 3. The third-order valence-electron chi connectivity index (χ3n) is 2.39. The lowest BCUT2D eigenvalue weighted by molar-refractivity contribution is -0.105. The maximum atomic E-state index is 10.2. The van der Waals surface area contributed by atoms with Crippen molar-refractivity contribution >= 4 is 17.8 Å². The molecule has 0 fully saturated rings. The number of amides is 1. The van der Waals surface area contributed by atoms with E-state index in [1.807, 2.05) is 12.1 Å². The van der Waals surface area contributed by atoms with Gasteiger partial charge in [-0.05, 0) is 30.5 Å². The van der Waals surface area contributed by atoms with Crippen molar-refractivity contribution in [2.45, 2.75) is 12.8 Å². The van der Waals surface area contributed by atoms with E-state index in [-0.39, 0.29) is 0 Å². The number of carbonyl (C=O) groups is 1. The monoisotopic (exact) mass is 190 g/mol. The fourth-order valence-electron chi connectivity index (χ4n) is 1.73. The number of anilines is 1. The number of nitrogens with one attached hydrogen (secondary N) is 1. The maximum absolute atomic E-state index is 10.2. The van der Waals surface area contributed by atoms with Crippen LogP contribution in [0.4, 0.5) is 5.69 Å². The van der Waals surface area contributed by atoms with Crippen LogP contribution in [0.1, 0.15) is 17.5 Å². The van der Waals surface area contributed by atoms with E-state index >= 15 is 0 Å². The highest BCUT2D eigenvalue weighted by Crippen LogP contribution is 2.25. The first-order valence-electron chi connectivity index (χ1n) is 4.39. The van der Waals surface area contributed by atoms with E-state index in [4.69, 9.17) is 5.21 Å². The van der Waals surface area contributed by atoms with Crippen LogP contribution in [0.5, 0.6) is 0 Å². The van der Waals surface area contributed by atoms with Gasteiger partial charge in [-0.2, -0.15) is 0 Å². The molecule has 2 N–H and O–H groups in total. The molecular formula is C10H10N2O2. The Morgan fingerprint density at radius 2 is 2.29 bits per heavy atom. The highest BCUT2D eigenvalue weighted by molar-refractivity contribution is 6.04. The van der Waals surface area contributed by atoms with Gasteiger partial charge in [0.25, 0.3) is 0 Å². The fraction of sp³-hybridized carbons (Fsp3) is 0.200. The van der Waals surface area contributed by atoms with Gasteiger partial charge in [0.2, 0.25) is 6.41 Å². The normalized spacial score (nSPS) is 16.7. The van der Waals surface area contributed by atoms with E-state index in [1.54, 1.807) is 6.07 Å². The molecule has 1 aromatic rings. The molecular weight excluding hydrogens is 180 g/mol. The molecule has 4 nitrogen and oxygen atoms in total. The van der Waals surface area contributed by atoms with Gasteiger partial charge in [0.05, 0.1) is 5.71 Å². The van der Waals surface area contributed by atoms with E-state index in [0.717, 1.165) is 35.4 Å². The zero-order chi connectivity index (χ0) is 9.97. The first kappa shape index (κ1) is 8.74. The number of aryl methyl sites for hydroxylation is 1. The lowest BCUT2D eigenvalue weighted by atomic mass is 10.1. The first-order chi connectivity index (χ1) is 6.85. The van der Waals surface area contributed by atoms with Crippen LogP contribution in [0.3, 0.4) is 0 Å². The molecule has 2 rings (SSSR count). The standard InChI is InChI=1S/C10H10N2O2/c13-6-11-8-2-3-9-7(5-8)1-4-10(9)12-14/h2-3,5-6,14H,1,4H2,(H,11,13)/b12-10+. The third kappa shape index (κ3) is 1.35. The van der Waals surface area contributed by atoms with Gasteiger partial charge in [0.1, 0.15) is 0 Å². The number of carbonyl (C=O) groups excluding carboxylic acids is 1. The number of benzene rings is 1. The second kappa shape index (κ2) is 3.49. The Bertz CT molecular complexity index is 399. The molecule has 72 valence electrons. The molecule has 0 aliphatic heterocycles. The van der Waals surface area contributed by atoms with Crippen LogP contribution in [0.15, 0.2) is 23.4 Å². The average Bonchev–Trinajstić information content (AvgIpc) is 2.60. The molecule has 0 unspecified atom stereocenters. The number of rotatable bonds is 2. The van der Waals surface area contributed by atoms with Crippen molar-refractivity contribution in [3.05, 3.63) is 29.3 Å². The van der Waals surface area contributed by atoms with Crippen LogP contribution in [0.25, 0.3) is 0 Å². The van der Waals surface area contributed by atoms with E-state index in [1.165, 1.54) is 0 Å². The lowest BCUT2D eigenvalue weighted by Crippen LogP contribution is -1.97. The molecule has 0 bridgehead atoms. The second-order valence-corrected chi connectivity index (χ2v) is 3.18. The summed E-state index contributed by atoms with van der Waals surface area (Å²) in [5.74, 6) is 0. The van der Waals surface area contributed by atoms with E-state index in [0.29, 0.717) is 6.41 Å². The smallest absolute Gasteiger partial charge is 0.211 e. The van der Waals surface area contributed by atoms with Crippen molar-refractivity contribution in [2.75, 3.05) is 5.32 Å². The van der Waals surface area contributed by atoms with Crippen LogP contribution in [-0.4, -0.2) is 17.3 Å². The van der Waals surface area contributed by atoms with Gasteiger partial charge in [-0.15, -0.1) is 0 Å². The first-order valence-corrected chi connectivity index (χ1v) is 4.39. The van der Waals surface area contributed by atoms with E-state index < -0.39 is 0 Å². The Balaban J connectivity index is 2.38. The molecule has 1 amide bonds. The zero-order valence-corrected chi connectivity index (χ0v) is 7.53. The van der Waals surface area contributed by atoms with Gasteiger partial charge in [0, 0.05) is 11.3 Å². The molecule has 1 aliphatic rings. The quantitative estimate of drug-likeness (QED) is 0.420. The van der Waals surface area contributed by atoms with Gasteiger partial charge in [-0.3, -0.25) is 4.79 Å². The van der Waals surface area contributed by atoms with Crippen LogP contribution in [0.2, 0.25) is 0 Å². The van der Waals surface area contributed by atoms with E-state index in [2.05, 4.69) is 10.5 Å². The number of oxime groups is 1. The van der Waals surface area contributed by atoms with E-state index in [9.17, 15) is 4.79 Å². The molecule has 14 heavy (non-hydrogen) atoms. The second-order valence-electron chi connectivity index (χ2n) is 3.18. The van der Waals surface area contributed by atoms with Crippen molar-refractivity contribution in [3.8, 4) is 0 Å². The molecule has 4 heteroatoms. The van der Waals surface area contributed by atoms with Crippen LogP contribution >= 0.6 is 0 Å². The summed E-state index contributed by atoms with van der Waals surface area (Å²) in [7, 11) is 0. The van der Waals surface area contributed by atoms with Gasteiger partial charge < -0.3 is 10.5 Å². The van der Waals surface area contributed by atoms with Crippen LogP contribution < -0.4 is 5.32 Å². The summed E-state index contributed by atoms with van der Waals surface area (Å²) in [4.78, 5) is 10.2. The van der Waals surface area contributed by atoms with Gasteiger partial charge in [0.15, 0.2) is 0 Å². The van der Waals surface area contributed by atoms with Crippen LogP contribution in [-0.2, 0) is 11.2 Å². The summed E-state index contributed by atoms with van der Waals surface area (Å²) in [6.07, 6.45) is 2.28. The van der Waals surface area contributed by atoms with Crippen molar-refractivity contribution in [1.82, 2.24) is 0 Å². The fourth-order valence-corrected chi connectivity index (χ4v) is 1.73. The number of hydrogen-bond donors (Lipinski definition) is 2. The van der Waals surface area contributed by atoms with Crippen LogP contribution in [0, 0.1) is 0 Å². The van der Waals surface area contributed by atoms with Crippen molar-refractivity contribution in [3.63, 3.8) is 0 Å². The highest BCUT2D eigenvalue weighted by Gasteiger charge is 2.17. The summed E-state index contributed by atoms with van der Waals surface area (Å²) >= 11 is 0. The largest absolute Gasteiger partial charge is 0.411 e. The molecule has 0 heterocycles. The Morgan fingerprint density at radius 1 is 1.43 bits per heavy atom. The predicted octanol–water partition coefficient (Wildman–Crippen LogP) is 1.38. The topological polar surface area (TPSA) is 61.7 Å². The summed E-state index contributed by atoms with van der Waals surface area (Å²) in [6.45, 7) is 0. The van der Waals surface area contributed by atoms with Gasteiger partial charge in [-0.1, -0.05) is 11.2 Å². The maximum Gasteiger partial charge on any atom is 0.211 e. The highest BCUT2D eigenvalue weighted by atomic mass is 16.4. The Morgan fingerprint density at radius 3 is 3.00 bits per heavy atom. The summed E-state index contributed by atoms with van der Waals surface area (Å²) in [5, 5.41) is 14.5. The minimum Gasteiger partial charge on any atom is -0.411 e. The Labute approximate surface area is 81.2 Å². The number of fused-ring (bicyclic) bond motifs is 1. The molecule has 0 saturated carbocycles. The molecule has 0 aromatic heterocycles. The Hall–Kier alpha value is -1.84. The molecule has 1 aliphatic carbocycles. The minimum atomic E-state index is 0.651. The summed E-state index contributed by atoms with van der Waals surface area (Å²) in [5.41, 5.74) is 3.59. The average molecular weight is 190 g/mol. The zero-order valence-electron chi connectivity index (χ0n) is 7.53. The van der Waals surface area contributed by atoms with Crippen molar-refractivity contribution in [2.24, 2.45) is 5.16 Å². The molecule has 0 saturated heterocycles. The third-order valence-corrected chi connectivity index (χ3v) is 2.39. The van der Waals surface area contributed by atoms with Crippen molar-refractivity contribution in [1.29, 1.82) is 0 Å². The summed E-state index contributed by atoms with van der Waals surface area (Å²) < 4.78 is 0. The van der Waals surface area contributed by atoms with Gasteiger partial charge in [-0.25, -0.2) is 0 Å². The Kier molecular flexibility index (Phi) is 2.18. The minimum absolute atomic E-state index is 0.651. The van der Waals surface area contributed by atoms with Gasteiger partial charge >= 0.3 is 0 Å². The molecule has 0 radical (unpaired) electrons. The molecule has 0 spiro atoms.